The zero-order chi connectivity index (χ0) is 27.9. The van der Waals surface area contributed by atoms with E-state index in [1.54, 1.807) is 27.6 Å². The van der Waals surface area contributed by atoms with Crippen LogP contribution >= 0.6 is 23.4 Å². The Morgan fingerprint density at radius 3 is 2.49 bits per heavy atom. The third kappa shape index (κ3) is 4.52. The number of benzene rings is 1. The molecule has 1 aromatic carbocycles. The second-order valence-electron chi connectivity index (χ2n) is 11.3. The van der Waals surface area contributed by atoms with Gasteiger partial charge in [0.1, 0.15) is 6.04 Å². The molecule has 5 atom stereocenters. The van der Waals surface area contributed by atoms with Gasteiger partial charge in [-0.3, -0.25) is 14.4 Å². The van der Waals surface area contributed by atoms with E-state index in [0.29, 0.717) is 49.7 Å². The molecule has 39 heavy (non-hydrogen) atoms. The first-order valence-corrected chi connectivity index (χ1v) is 15.2. The fourth-order valence-corrected chi connectivity index (χ4v) is 9.50. The van der Waals surface area contributed by atoms with Crippen LogP contribution in [0.3, 0.4) is 0 Å². The maximum atomic E-state index is 14.6. The van der Waals surface area contributed by atoms with Crippen molar-refractivity contribution in [1.82, 2.24) is 9.80 Å². The molecule has 0 aliphatic carbocycles. The quantitative estimate of drug-likeness (QED) is 0.373. The van der Waals surface area contributed by atoms with E-state index < -0.39 is 27.4 Å². The van der Waals surface area contributed by atoms with Crippen molar-refractivity contribution in [3.05, 3.63) is 53.1 Å². The van der Waals surface area contributed by atoms with E-state index in [2.05, 4.69) is 13.0 Å². The number of amides is 3. The smallest absolute Gasteiger partial charge is 0.251 e. The minimum atomic E-state index is -0.871. The van der Waals surface area contributed by atoms with Crippen LogP contribution in [-0.2, 0) is 14.4 Å². The summed E-state index contributed by atoms with van der Waals surface area (Å²) < 4.78 is -1.48. The summed E-state index contributed by atoms with van der Waals surface area (Å²) in [6.07, 6.45) is 11.1. The van der Waals surface area contributed by atoms with E-state index in [9.17, 15) is 19.5 Å². The van der Waals surface area contributed by atoms with Crippen LogP contribution in [0.5, 0.6) is 0 Å². The number of fused-ring (bicyclic) bond motifs is 2. The fourth-order valence-electron chi connectivity index (χ4n) is 7.02. The molecule has 1 N–H and O–H groups in total. The van der Waals surface area contributed by atoms with Crippen molar-refractivity contribution >= 4 is 46.8 Å². The van der Waals surface area contributed by atoms with Gasteiger partial charge in [-0.15, -0.1) is 11.8 Å². The molecule has 2 fully saturated rings. The average molecular weight is 572 g/mol. The molecule has 0 radical (unpaired) electrons. The molecule has 0 aromatic heterocycles. The number of aliphatic hydroxyl groups is 1. The van der Waals surface area contributed by atoms with Gasteiger partial charge in [0.05, 0.1) is 27.3 Å². The summed E-state index contributed by atoms with van der Waals surface area (Å²) in [4.78, 5) is 48.4. The number of unbranched alkanes of at least 4 members (excludes halogenated alkanes) is 2. The third-order valence-corrected chi connectivity index (χ3v) is 10.8. The SMILES string of the molecule is CCCN1CC=C[C@@]2(C)S[C@]34C=CCN(c5c(C)cccc5Cl)C(=O)C3N(CCCCCO)C(=O)[C@@H]4[C@H]2C1=O. The van der Waals surface area contributed by atoms with Gasteiger partial charge in [0.2, 0.25) is 11.8 Å². The maximum absolute atomic E-state index is 14.6. The molecule has 9 heteroatoms. The molecule has 1 unspecified atom stereocenters. The van der Waals surface area contributed by atoms with Gasteiger partial charge < -0.3 is 19.8 Å². The number of carbonyl (C=O) groups excluding carboxylic acids is 3. The summed E-state index contributed by atoms with van der Waals surface area (Å²) in [5, 5.41) is 9.78. The predicted molar refractivity (Wildman–Crippen MR) is 156 cm³/mol. The first-order chi connectivity index (χ1) is 18.7. The number of hydrogen-bond donors (Lipinski definition) is 1. The van der Waals surface area contributed by atoms with Crippen molar-refractivity contribution in [3.63, 3.8) is 0 Å². The second kappa shape index (κ2) is 10.9. The van der Waals surface area contributed by atoms with E-state index >= 15 is 0 Å². The van der Waals surface area contributed by atoms with E-state index in [1.807, 2.05) is 49.1 Å². The number of hydrogen-bond acceptors (Lipinski definition) is 5. The van der Waals surface area contributed by atoms with Gasteiger partial charge in [-0.25, -0.2) is 0 Å². The molecule has 4 aliphatic heterocycles. The summed E-state index contributed by atoms with van der Waals surface area (Å²) in [7, 11) is 0. The molecule has 1 spiro atoms. The van der Waals surface area contributed by atoms with Crippen molar-refractivity contribution in [3.8, 4) is 0 Å². The van der Waals surface area contributed by atoms with Gasteiger partial charge in [0.15, 0.2) is 0 Å². The number of rotatable bonds is 8. The highest BCUT2D eigenvalue weighted by Crippen LogP contribution is 2.65. The molecule has 2 saturated heterocycles. The Hall–Kier alpha value is -2.29. The number of carbonyl (C=O) groups is 3. The molecule has 0 saturated carbocycles. The minimum absolute atomic E-state index is 0.00291. The van der Waals surface area contributed by atoms with Crippen LogP contribution in [0.25, 0.3) is 0 Å². The fraction of sp³-hybridized carbons (Fsp3) is 0.567. The monoisotopic (exact) mass is 571 g/mol. The van der Waals surface area contributed by atoms with Crippen molar-refractivity contribution < 1.29 is 19.5 Å². The highest BCUT2D eigenvalue weighted by Gasteiger charge is 2.73. The van der Waals surface area contributed by atoms with Gasteiger partial charge in [0, 0.05) is 37.5 Å². The van der Waals surface area contributed by atoms with E-state index in [1.165, 1.54) is 0 Å². The Kier molecular flexibility index (Phi) is 7.92. The summed E-state index contributed by atoms with van der Waals surface area (Å²) in [6.45, 7) is 8.05. The molecule has 1 aromatic rings. The lowest BCUT2D eigenvalue weighted by Gasteiger charge is -2.37. The molecular weight excluding hydrogens is 534 g/mol. The first-order valence-electron chi connectivity index (χ1n) is 14.0. The molecule has 210 valence electrons. The van der Waals surface area contributed by atoms with E-state index in [0.717, 1.165) is 18.4 Å². The van der Waals surface area contributed by atoms with Crippen LogP contribution in [0, 0.1) is 18.8 Å². The summed E-state index contributed by atoms with van der Waals surface area (Å²) in [5.74, 6) is -1.49. The molecule has 7 nitrogen and oxygen atoms in total. The standard InChI is InChI=1S/C30H38ClN3O4S/c1-4-15-32-16-9-13-29(3)22(26(32)36)23-27(37)34(17-6-5-7-19-35)25-28(38)33(18-10-14-30(23,25)39-29)24-20(2)11-8-12-21(24)31/h8-14,22-23,25,35H,4-7,15-19H2,1-3H3/t22-,23-,25?,29+,30-/m0/s1. The number of para-hydroxylation sites is 1. The van der Waals surface area contributed by atoms with Crippen LogP contribution in [0.4, 0.5) is 5.69 Å². The van der Waals surface area contributed by atoms with Gasteiger partial charge >= 0.3 is 0 Å². The normalized spacial score (nSPS) is 31.9. The van der Waals surface area contributed by atoms with E-state index in [-0.39, 0.29) is 24.3 Å². The average Bonchev–Trinajstić information content (AvgIpc) is 3.16. The summed E-state index contributed by atoms with van der Waals surface area (Å²) >= 11 is 8.24. The maximum Gasteiger partial charge on any atom is 0.251 e. The number of thioether (sulfide) groups is 1. The molecule has 4 heterocycles. The zero-order valence-electron chi connectivity index (χ0n) is 22.9. The number of aliphatic hydroxyl groups excluding tert-OH is 1. The van der Waals surface area contributed by atoms with Crippen molar-refractivity contribution in [2.24, 2.45) is 11.8 Å². The van der Waals surface area contributed by atoms with Crippen molar-refractivity contribution in [1.29, 1.82) is 0 Å². The number of aryl methyl sites for hydroxylation is 1. The van der Waals surface area contributed by atoms with E-state index in [4.69, 9.17) is 11.6 Å². The summed E-state index contributed by atoms with van der Waals surface area (Å²) in [6, 6.07) is 4.83. The largest absolute Gasteiger partial charge is 0.396 e. The van der Waals surface area contributed by atoms with Gasteiger partial charge in [-0.2, -0.15) is 0 Å². The van der Waals surface area contributed by atoms with Crippen LogP contribution in [0.1, 0.15) is 45.1 Å². The lowest BCUT2D eigenvalue weighted by Crippen LogP contribution is -2.53. The molecule has 5 rings (SSSR count). The van der Waals surface area contributed by atoms with Crippen LogP contribution in [-0.4, -0.2) is 80.9 Å². The van der Waals surface area contributed by atoms with Crippen molar-refractivity contribution in [2.45, 2.75) is 62.0 Å². The molecule has 4 aliphatic rings. The van der Waals surface area contributed by atoms with Gasteiger partial charge in [-0.1, -0.05) is 55.0 Å². The lowest BCUT2D eigenvalue weighted by atomic mass is 9.74. The highest BCUT2D eigenvalue weighted by atomic mass is 35.5. The predicted octanol–water partition coefficient (Wildman–Crippen LogP) is 4.21. The van der Waals surface area contributed by atoms with Gasteiger partial charge in [-0.05, 0) is 51.2 Å². The van der Waals surface area contributed by atoms with Crippen molar-refractivity contribution in [2.75, 3.05) is 37.7 Å². The lowest BCUT2D eigenvalue weighted by molar-refractivity contribution is -0.143. The Morgan fingerprint density at radius 1 is 1.00 bits per heavy atom. The topological polar surface area (TPSA) is 81.2 Å². The zero-order valence-corrected chi connectivity index (χ0v) is 24.5. The number of anilines is 1. The van der Waals surface area contributed by atoms with Gasteiger partial charge in [0.25, 0.3) is 5.91 Å². The number of nitrogens with zero attached hydrogens (tertiary/aromatic N) is 3. The molecule has 3 amide bonds. The number of halogens is 1. The Labute approximate surface area is 240 Å². The third-order valence-electron chi connectivity index (χ3n) is 8.65. The van der Waals surface area contributed by atoms with Crippen LogP contribution in [0.2, 0.25) is 5.02 Å². The summed E-state index contributed by atoms with van der Waals surface area (Å²) in [5.41, 5.74) is 1.55. The first kappa shape index (κ1) is 28.2. The highest BCUT2D eigenvalue weighted by molar-refractivity contribution is 8.02. The Bertz CT molecular complexity index is 1200. The molecule has 0 bridgehead atoms. The Morgan fingerprint density at radius 2 is 1.77 bits per heavy atom. The number of likely N-dealkylation sites (tertiary alicyclic amines) is 1. The van der Waals surface area contributed by atoms with Crippen LogP contribution in [0.15, 0.2) is 42.5 Å². The van der Waals surface area contributed by atoms with Crippen LogP contribution < -0.4 is 4.90 Å². The minimum Gasteiger partial charge on any atom is -0.396 e. The molecular formula is C30H38ClN3O4S. The Balaban J connectivity index is 1.62. The second-order valence-corrected chi connectivity index (χ2v) is 13.5.